The number of amides is 1. The molecule has 1 aromatic carbocycles. The van der Waals surface area contributed by atoms with E-state index in [1.165, 1.54) is 19.3 Å². The number of hydrogen-bond acceptors (Lipinski definition) is 4. The van der Waals surface area contributed by atoms with E-state index in [0.717, 1.165) is 44.0 Å². The molecule has 3 heterocycles. The fourth-order valence-corrected chi connectivity index (χ4v) is 4.29. The summed E-state index contributed by atoms with van der Waals surface area (Å²) in [5.74, 6) is -0.0234. The molecule has 0 aliphatic carbocycles. The number of para-hydroxylation sites is 1. The highest BCUT2D eigenvalue weighted by molar-refractivity contribution is 6.32. The third kappa shape index (κ3) is 3.23. The van der Waals surface area contributed by atoms with E-state index in [4.69, 9.17) is 11.6 Å². The van der Waals surface area contributed by atoms with E-state index >= 15 is 0 Å². The van der Waals surface area contributed by atoms with Crippen LogP contribution in [0.1, 0.15) is 41.9 Å². The van der Waals surface area contributed by atoms with E-state index in [9.17, 15) is 4.79 Å². The highest BCUT2D eigenvalue weighted by atomic mass is 35.5. The van der Waals surface area contributed by atoms with Crippen molar-refractivity contribution in [1.29, 1.82) is 0 Å². The van der Waals surface area contributed by atoms with Gasteiger partial charge in [0.1, 0.15) is 0 Å². The summed E-state index contributed by atoms with van der Waals surface area (Å²) in [5, 5.41) is 8.95. The van der Waals surface area contributed by atoms with Gasteiger partial charge in [0.2, 0.25) is 0 Å². The van der Waals surface area contributed by atoms with Gasteiger partial charge in [-0.15, -0.1) is 5.10 Å². The molecule has 26 heavy (non-hydrogen) atoms. The van der Waals surface area contributed by atoms with Gasteiger partial charge in [-0.05, 0) is 57.8 Å². The fourth-order valence-electron chi connectivity index (χ4n) is 4.07. The molecule has 138 valence electrons. The number of halogens is 1. The lowest BCUT2D eigenvalue weighted by Crippen LogP contribution is -2.49. The van der Waals surface area contributed by atoms with Crippen molar-refractivity contribution in [2.24, 2.45) is 0 Å². The molecule has 7 heteroatoms. The average molecular weight is 374 g/mol. The Morgan fingerprint density at radius 3 is 2.69 bits per heavy atom. The molecule has 4 rings (SSSR count). The fraction of sp³-hybridized carbons (Fsp3) is 0.526. The van der Waals surface area contributed by atoms with Gasteiger partial charge in [-0.2, -0.15) is 0 Å². The molecule has 0 radical (unpaired) electrons. The quantitative estimate of drug-likeness (QED) is 0.830. The molecule has 0 spiro atoms. The third-order valence-electron chi connectivity index (χ3n) is 5.52. The summed E-state index contributed by atoms with van der Waals surface area (Å²) in [4.78, 5) is 17.5. The normalized spacial score (nSPS) is 21.3. The summed E-state index contributed by atoms with van der Waals surface area (Å²) in [6.45, 7) is 5.78. The van der Waals surface area contributed by atoms with Gasteiger partial charge in [0.25, 0.3) is 5.91 Å². The molecule has 2 aromatic rings. The molecule has 2 saturated heterocycles. The van der Waals surface area contributed by atoms with Crippen LogP contribution in [-0.4, -0.2) is 62.9 Å². The highest BCUT2D eigenvalue weighted by Gasteiger charge is 2.31. The lowest BCUT2D eigenvalue weighted by Gasteiger charge is -2.37. The maximum Gasteiger partial charge on any atom is 0.276 e. The zero-order valence-corrected chi connectivity index (χ0v) is 15.8. The number of rotatable bonds is 3. The summed E-state index contributed by atoms with van der Waals surface area (Å²) < 4.78 is 1.65. The predicted octanol–water partition coefficient (Wildman–Crippen LogP) is 2.93. The zero-order chi connectivity index (χ0) is 18.1. The van der Waals surface area contributed by atoms with Crippen molar-refractivity contribution in [2.45, 2.75) is 38.6 Å². The zero-order valence-electron chi connectivity index (χ0n) is 15.1. The number of aromatic nitrogens is 3. The number of carbonyl (C=O) groups excluding carboxylic acids is 1. The molecule has 0 bridgehead atoms. The summed E-state index contributed by atoms with van der Waals surface area (Å²) in [6.07, 6.45) is 4.77. The van der Waals surface area contributed by atoms with Gasteiger partial charge in [-0.3, -0.25) is 9.69 Å². The second-order valence-electron chi connectivity index (χ2n) is 7.18. The van der Waals surface area contributed by atoms with Crippen molar-refractivity contribution in [3.8, 4) is 5.69 Å². The number of hydrogen-bond donors (Lipinski definition) is 0. The third-order valence-corrected chi connectivity index (χ3v) is 5.84. The Hall–Kier alpha value is -1.92. The molecule has 2 aliphatic rings. The first-order chi connectivity index (χ1) is 12.6. The number of likely N-dealkylation sites (tertiary alicyclic amines) is 2. The number of piperidine rings is 1. The summed E-state index contributed by atoms with van der Waals surface area (Å²) in [7, 11) is 0. The smallest absolute Gasteiger partial charge is 0.276 e. The lowest BCUT2D eigenvalue weighted by atomic mass is 10.0. The minimum atomic E-state index is -0.0234. The van der Waals surface area contributed by atoms with Crippen molar-refractivity contribution in [2.75, 3.05) is 26.2 Å². The van der Waals surface area contributed by atoms with Crippen molar-refractivity contribution in [3.05, 3.63) is 40.7 Å². The minimum Gasteiger partial charge on any atom is -0.336 e. The molecule has 0 saturated carbocycles. The van der Waals surface area contributed by atoms with Gasteiger partial charge in [0.15, 0.2) is 5.69 Å². The van der Waals surface area contributed by atoms with Crippen molar-refractivity contribution >= 4 is 17.5 Å². The first kappa shape index (κ1) is 17.5. The van der Waals surface area contributed by atoms with Crippen LogP contribution in [0.4, 0.5) is 0 Å². The average Bonchev–Trinajstić information content (AvgIpc) is 3.32. The molecule has 1 amide bonds. The van der Waals surface area contributed by atoms with Crippen LogP contribution in [0.2, 0.25) is 5.02 Å². The van der Waals surface area contributed by atoms with Gasteiger partial charge in [0, 0.05) is 19.1 Å². The molecule has 1 unspecified atom stereocenters. The van der Waals surface area contributed by atoms with Crippen LogP contribution in [0.3, 0.4) is 0 Å². The standard InChI is InChI=1S/C19H24ClN5O/c1-14-18(21-22-25(14)17-9-3-2-8-16(17)20)19(26)24-12-6-7-15(13-24)23-10-4-5-11-23/h2-3,8-9,15H,4-7,10-13H2,1H3. The molecule has 6 nitrogen and oxygen atoms in total. The van der Waals surface area contributed by atoms with E-state index in [1.807, 2.05) is 36.1 Å². The first-order valence-corrected chi connectivity index (χ1v) is 9.73. The number of benzene rings is 1. The van der Waals surface area contributed by atoms with Crippen molar-refractivity contribution in [1.82, 2.24) is 24.8 Å². The van der Waals surface area contributed by atoms with Crippen LogP contribution in [0.5, 0.6) is 0 Å². The van der Waals surface area contributed by atoms with Crippen LogP contribution >= 0.6 is 11.6 Å². The molecule has 0 N–H and O–H groups in total. The Morgan fingerprint density at radius 2 is 1.92 bits per heavy atom. The van der Waals surface area contributed by atoms with E-state index in [-0.39, 0.29) is 5.91 Å². The molecular weight excluding hydrogens is 350 g/mol. The van der Waals surface area contributed by atoms with Gasteiger partial charge in [-0.1, -0.05) is 28.9 Å². The van der Waals surface area contributed by atoms with E-state index in [2.05, 4.69) is 15.2 Å². The van der Waals surface area contributed by atoms with Crippen LogP contribution < -0.4 is 0 Å². The molecule has 2 aliphatic heterocycles. The van der Waals surface area contributed by atoms with Crippen LogP contribution in [0.15, 0.2) is 24.3 Å². The lowest BCUT2D eigenvalue weighted by molar-refractivity contribution is 0.0601. The Morgan fingerprint density at radius 1 is 1.15 bits per heavy atom. The predicted molar refractivity (Wildman–Crippen MR) is 101 cm³/mol. The van der Waals surface area contributed by atoms with Gasteiger partial charge in [-0.25, -0.2) is 4.68 Å². The van der Waals surface area contributed by atoms with Crippen LogP contribution in [0.25, 0.3) is 5.69 Å². The van der Waals surface area contributed by atoms with Gasteiger partial charge in [0.05, 0.1) is 16.4 Å². The Kier molecular flexibility index (Phi) is 4.96. The molecular formula is C19H24ClN5O. The van der Waals surface area contributed by atoms with Crippen molar-refractivity contribution < 1.29 is 4.79 Å². The SMILES string of the molecule is Cc1c(C(=O)N2CCCC(N3CCCC3)C2)nnn1-c1ccccc1Cl. The Bertz CT molecular complexity index is 799. The van der Waals surface area contributed by atoms with Gasteiger partial charge >= 0.3 is 0 Å². The largest absolute Gasteiger partial charge is 0.336 e. The summed E-state index contributed by atoms with van der Waals surface area (Å²) in [6, 6.07) is 7.94. The Labute approximate surface area is 158 Å². The van der Waals surface area contributed by atoms with E-state index in [0.29, 0.717) is 16.8 Å². The first-order valence-electron chi connectivity index (χ1n) is 9.35. The Balaban J connectivity index is 1.54. The van der Waals surface area contributed by atoms with E-state index in [1.54, 1.807) is 4.68 Å². The topological polar surface area (TPSA) is 54.3 Å². The van der Waals surface area contributed by atoms with Crippen LogP contribution in [-0.2, 0) is 0 Å². The second-order valence-corrected chi connectivity index (χ2v) is 7.58. The highest BCUT2D eigenvalue weighted by Crippen LogP contribution is 2.24. The number of carbonyl (C=O) groups is 1. The summed E-state index contributed by atoms with van der Waals surface area (Å²) in [5.41, 5.74) is 1.89. The van der Waals surface area contributed by atoms with Crippen molar-refractivity contribution in [3.63, 3.8) is 0 Å². The summed E-state index contributed by atoms with van der Waals surface area (Å²) >= 11 is 6.27. The van der Waals surface area contributed by atoms with Crippen LogP contribution in [0, 0.1) is 6.92 Å². The monoisotopic (exact) mass is 373 g/mol. The van der Waals surface area contributed by atoms with E-state index < -0.39 is 0 Å². The molecule has 1 atom stereocenters. The molecule has 2 fully saturated rings. The maximum absolute atomic E-state index is 13.1. The van der Waals surface area contributed by atoms with Gasteiger partial charge < -0.3 is 4.90 Å². The maximum atomic E-state index is 13.1. The second kappa shape index (κ2) is 7.37. The molecule has 1 aromatic heterocycles. The number of nitrogens with zero attached hydrogens (tertiary/aromatic N) is 5. The minimum absolute atomic E-state index is 0.0234.